The molecule has 4 aromatic rings. The van der Waals surface area contributed by atoms with Crippen LogP contribution in [0.1, 0.15) is 39.8 Å². The number of nitrogens with zero attached hydrogens (tertiary/aromatic N) is 6. The van der Waals surface area contributed by atoms with Gasteiger partial charge in [-0.3, -0.25) is 14.2 Å². The number of carbonyl (C=O) groups is 1. The van der Waals surface area contributed by atoms with Crippen molar-refractivity contribution in [3.8, 4) is 5.75 Å². The quantitative estimate of drug-likeness (QED) is 0.459. The van der Waals surface area contributed by atoms with Crippen LogP contribution in [-0.4, -0.2) is 35.2 Å². The molecule has 9 heteroatoms. The minimum absolute atomic E-state index is 0.223. The molecule has 0 saturated heterocycles. The van der Waals surface area contributed by atoms with Crippen molar-refractivity contribution in [2.75, 3.05) is 5.32 Å². The number of amides is 1. The van der Waals surface area contributed by atoms with E-state index in [-0.39, 0.29) is 12.6 Å². The molecule has 166 valence electrons. The molecule has 1 amide bonds. The first-order valence-corrected chi connectivity index (χ1v) is 10.5. The van der Waals surface area contributed by atoms with E-state index in [0.29, 0.717) is 17.9 Å². The zero-order valence-electron chi connectivity index (χ0n) is 18.7. The number of aryl methyl sites for hydroxylation is 3. The Morgan fingerprint density at radius 3 is 2.72 bits per heavy atom. The van der Waals surface area contributed by atoms with Crippen LogP contribution in [-0.2, 0) is 19.8 Å². The number of carbonyl (C=O) groups excluding carboxylic acids is 1. The van der Waals surface area contributed by atoms with Gasteiger partial charge in [0.1, 0.15) is 5.75 Å². The largest absolute Gasteiger partial charge is 0.471 e. The number of rotatable bonds is 8. The molecule has 4 rings (SSSR count). The predicted octanol–water partition coefficient (Wildman–Crippen LogP) is 3.56. The summed E-state index contributed by atoms with van der Waals surface area (Å²) in [7, 11) is 0. The summed E-state index contributed by atoms with van der Waals surface area (Å²) in [6.07, 6.45) is 6.99. The second-order valence-electron chi connectivity index (χ2n) is 7.73. The summed E-state index contributed by atoms with van der Waals surface area (Å²) >= 11 is 0. The van der Waals surface area contributed by atoms with E-state index in [9.17, 15) is 4.79 Å². The third-order valence-corrected chi connectivity index (χ3v) is 5.30. The summed E-state index contributed by atoms with van der Waals surface area (Å²) in [5, 5.41) is 15.8. The van der Waals surface area contributed by atoms with Crippen LogP contribution < -0.4 is 10.1 Å². The van der Waals surface area contributed by atoms with Gasteiger partial charge in [-0.1, -0.05) is 12.1 Å². The molecule has 0 aliphatic heterocycles. The Labute approximate surface area is 186 Å². The fourth-order valence-electron chi connectivity index (χ4n) is 3.40. The van der Waals surface area contributed by atoms with Crippen molar-refractivity contribution in [2.45, 2.75) is 47.5 Å². The number of anilines is 1. The molecule has 0 atom stereocenters. The lowest BCUT2D eigenvalue weighted by molar-refractivity contribution is 0.102. The van der Waals surface area contributed by atoms with E-state index in [1.165, 1.54) is 0 Å². The minimum atomic E-state index is -0.301. The highest BCUT2D eigenvalue weighted by Gasteiger charge is 2.12. The molecule has 0 radical (unpaired) electrons. The molecule has 3 heterocycles. The molecule has 1 aromatic carbocycles. The molecule has 0 bridgehead atoms. The SMILES string of the molecule is CCn1ncc(Cn2cc(NC(=O)c3ccn(COc4cc(C)ccc4C)n3)cn2)c1C. The first kappa shape index (κ1) is 21.4. The number of hydrogen-bond donors (Lipinski definition) is 1. The molecule has 9 nitrogen and oxygen atoms in total. The normalized spacial score (nSPS) is 11.0. The monoisotopic (exact) mass is 433 g/mol. The van der Waals surface area contributed by atoms with Gasteiger partial charge >= 0.3 is 0 Å². The summed E-state index contributed by atoms with van der Waals surface area (Å²) in [6.45, 7) is 9.75. The number of benzene rings is 1. The zero-order valence-corrected chi connectivity index (χ0v) is 18.7. The molecule has 0 aliphatic rings. The van der Waals surface area contributed by atoms with Crippen molar-refractivity contribution >= 4 is 11.6 Å². The number of nitrogens with one attached hydrogen (secondary N) is 1. The van der Waals surface area contributed by atoms with E-state index in [1.54, 1.807) is 34.0 Å². The zero-order chi connectivity index (χ0) is 22.7. The van der Waals surface area contributed by atoms with Crippen molar-refractivity contribution in [2.24, 2.45) is 0 Å². The van der Waals surface area contributed by atoms with Gasteiger partial charge in [0, 0.05) is 30.2 Å². The van der Waals surface area contributed by atoms with E-state index in [4.69, 9.17) is 4.74 Å². The van der Waals surface area contributed by atoms with Crippen LogP contribution >= 0.6 is 0 Å². The number of aromatic nitrogens is 6. The first-order chi connectivity index (χ1) is 15.4. The molecule has 0 aliphatic carbocycles. The molecular weight excluding hydrogens is 406 g/mol. The average Bonchev–Trinajstić information content (AvgIpc) is 3.50. The lowest BCUT2D eigenvalue weighted by atomic mass is 10.1. The topological polar surface area (TPSA) is 91.8 Å². The molecule has 1 N–H and O–H groups in total. The highest BCUT2D eigenvalue weighted by molar-refractivity contribution is 6.02. The van der Waals surface area contributed by atoms with Crippen molar-refractivity contribution in [3.63, 3.8) is 0 Å². The number of ether oxygens (including phenoxy) is 1. The Morgan fingerprint density at radius 2 is 1.94 bits per heavy atom. The van der Waals surface area contributed by atoms with Crippen molar-refractivity contribution < 1.29 is 9.53 Å². The second kappa shape index (κ2) is 9.09. The van der Waals surface area contributed by atoms with E-state index in [1.807, 2.05) is 49.8 Å². The summed E-state index contributed by atoms with van der Waals surface area (Å²) in [6, 6.07) is 7.71. The highest BCUT2D eigenvalue weighted by atomic mass is 16.5. The molecule has 0 fully saturated rings. The predicted molar refractivity (Wildman–Crippen MR) is 121 cm³/mol. The Kier molecular flexibility index (Phi) is 6.07. The van der Waals surface area contributed by atoms with Crippen LogP contribution in [0, 0.1) is 20.8 Å². The van der Waals surface area contributed by atoms with Gasteiger partial charge in [0.15, 0.2) is 12.4 Å². The molecule has 32 heavy (non-hydrogen) atoms. The molecule has 0 saturated carbocycles. The van der Waals surface area contributed by atoms with Gasteiger partial charge in [-0.15, -0.1) is 0 Å². The van der Waals surface area contributed by atoms with Crippen LogP contribution in [0.5, 0.6) is 5.75 Å². The van der Waals surface area contributed by atoms with Gasteiger partial charge in [-0.25, -0.2) is 4.68 Å². The van der Waals surface area contributed by atoms with Crippen LogP contribution in [0.4, 0.5) is 5.69 Å². The Bertz CT molecular complexity index is 1230. The van der Waals surface area contributed by atoms with Crippen LogP contribution in [0.2, 0.25) is 0 Å². The molecule has 0 spiro atoms. The van der Waals surface area contributed by atoms with Crippen molar-refractivity contribution in [1.29, 1.82) is 0 Å². The third-order valence-electron chi connectivity index (χ3n) is 5.30. The van der Waals surface area contributed by atoms with Crippen LogP contribution in [0.15, 0.2) is 49.1 Å². The minimum Gasteiger partial charge on any atom is -0.471 e. The van der Waals surface area contributed by atoms with Crippen LogP contribution in [0.3, 0.4) is 0 Å². The van der Waals surface area contributed by atoms with Gasteiger partial charge in [0.2, 0.25) is 0 Å². The number of hydrogen-bond acceptors (Lipinski definition) is 5. The van der Waals surface area contributed by atoms with Gasteiger partial charge in [0.05, 0.1) is 24.6 Å². The highest BCUT2D eigenvalue weighted by Crippen LogP contribution is 2.19. The van der Waals surface area contributed by atoms with Crippen molar-refractivity contribution in [3.05, 3.63) is 77.1 Å². The lowest BCUT2D eigenvalue weighted by Crippen LogP contribution is -2.14. The van der Waals surface area contributed by atoms with Gasteiger partial charge < -0.3 is 10.1 Å². The first-order valence-electron chi connectivity index (χ1n) is 10.5. The fraction of sp³-hybridized carbons (Fsp3) is 0.304. The summed E-state index contributed by atoms with van der Waals surface area (Å²) in [5.41, 5.74) is 5.30. The fourth-order valence-corrected chi connectivity index (χ4v) is 3.40. The van der Waals surface area contributed by atoms with E-state index < -0.39 is 0 Å². The third kappa shape index (κ3) is 4.72. The Hall–Kier alpha value is -3.88. The van der Waals surface area contributed by atoms with E-state index >= 15 is 0 Å². The Morgan fingerprint density at radius 1 is 1.09 bits per heavy atom. The van der Waals surface area contributed by atoms with Gasteiger partial charge in [-0.2, -0.15) is 15.3 Å². The molecular formula is C23H27N7O2. The van der Waals surface area contributed by atoms with E-state index in [2.05, 4.69) is 27.5 Å². The molecule has 0 unspecified atom stereocenters. The maximum atomic E-state index is 12.6. The standard InChI is InChI=1S/C23H27N7O2/c1-5-30-18(4)19(11-25-30)13-29-14-20(12-24-29)26-23(31)21-8-9-28(27-21)15-32-22-10-16(2)6-7-17(22)3/h6-12,14H,5,13,15H2,1-4H3,(H,26,31). The second-order valence-corrected chi connectivity index (χ2v) is 7.73. The smallest absolute Gasteiger partial charge is 0.276 e. The average molecular weight is 434 g/mol. The molecule has 3 aromatic heterocycles. The maximum absolute atomic E-state index is 12.6. The summed E-state index contributed by atoms with van der Waals surface area (Å²) in [5.74, 6) is 0.503. The maximum Gasteiger partial charge on any atom is 0.276 e. The van der Waals surface area contributed by atoms with Gasteiger partial charge in [-0.05, 0) is 51.0 Å². The summed E-state index contributed by atoms with van der Waals surface area (Å²) < 4.78 is 11.2. The van der Waals surface area contributed by atoms with Gasteiger partial charge in [0.25, 0.3) is 5.91 Å². The van der Waals surface area contributed by atoms with Crippen molar-refractivity contribution in [1.82, 2.24) is 29.3 Å². The lowest BCUT2D eigenvalue weighted by Gasteiger charge is -2.09. The Balaban J connectivity index is 1.35. The summed E-state index contributed by atoms with van der Waals surface area (Å²) in [4.78, 5) is 12.6. The van der Waals surface area contributed by atoms with Crippen LogP contribution in [0.25, 0.3) is 0 Å². The van der Waals surface area contributed by atoms with E-state index in [0.717, 1.165) is 34.7 Å².